The number of Topliss-reactive ketones (excluding diaryl/α,β-unsaturated/α-hetero) is 1. The van der Waals surface area contributed by atoms with Gasteiger partial charge in [-0.3, -0.25) is 4.79 Å². The maximum Gasteiger partial charge on any atom is 0.355 e. The number of carbonyl (C=O) groups excluding carboxylic acids is 2. The quantitative estimate of drug-likeness (QED) is 0.408. The molecule has 3 aromatic rings. The van der Waals surface area contributed by atoms with E-state index in [1.54, 1.807) is 42.5 Å². The summed E-state index contributed by atoms with van der Waals surface area (Å²) in [5.74, 6) is -1.90. The Hall–Kier alpha value is -3.71. The lowest BCUT2D eigenvalue weighted by atomic mass is 9.88. The molecule has 0 fully saturated rings. The van der Waals surface area contributed by atoms with Gasteiger partial charge in [-0.1, -0.05) is 78.4 Å². The first kappa shape index (κ1) is 22.5. The average molecular weight is 462 g/mol. The Balaban J connectivity index is 1.93. The highest BCUT2D eigenvalue weighted by atomic mass is 32.2. The second-order valence-corrected chi connectivity index (χ2v) is 9.58. The number of methoxy groups -OCH3 is 1. The van der Waals surface area contributed by atoms with E-state index in [1.807, 2.05) is 37.3 Å². The molecule has 0 amide bonds. The molecule has 0 aliphatic carbocycles. The lowest BCUT2D eigenvalue weighted by Crippen LogP contribution is -2.45. The fourth-order valence-corrected chi connectivity index (χ4v) is 5.62. The van der Waals surface area contributed by atoms with Crippen molar-refractivity contribution in [2.75, 3.05) is 7.11 Å². The highest BCUT2D eigenvalue weighted by molar-refractivity contribution is 7.89. The third kappa shape index (κ3) is 4.19. The number of benzene rings is 3. The lowest BCUT2D eigenvalue weighted by molar-refractivity contribution is -0.137. The first-order valence-corrected chi connectivity index (χ1v) is 11.8. The zero-order valence-corrected chi connectivity index (χ0v) is 19.0. The third-order valence-corrected chi connectivity index (χ3v) is 7.46. The van der Waals surface area contributed by atoms with Crippen molar-refractivity contribution >= 4 is 21.8 Å². The Morgan fingerprint density at radius 1 is 0.848 bits per heavy atom. The molecule has 0 spiro atoms. The van der Waals surface area contributed by atoms with E-state index in [2.05, 4.69) is 0 Å². The number of nitrogens with zero attached hydrogens (tertiary/aromatic N) is 1. The number of esters is 1. The van der Waals surface area contributed by atoms with Gasteiger partial charge in [0.05, 0.1) is 12.0 Å². The van der Waals surface area contributed by atoms with E-state index in [0.29, 0.717) is 5.56 Å². The summed E-state index contributed by atoms with van der Waals surface area (Å²) in [4.78, 5) is 26.5. The van der Waals surface area contributed by atoms with Gasteiger partial charge in [0.2, 0.25) is 0 Å². The molecular weight excluding hydrogens is 438 g/mol. The van der Waals surface area contributed by atoms with Crippen molar-refractivity contribution in [2.24, 2.45) is 0 Å². The predicted octanol–water partition coefficient (Wildman–Crippen LogP) is 4.09. The molecule has 0 unspecified atom stereocenters. The zero-order chi connectivity index (χ0) is 23.6. The molecule has 168 valence electrons. The van der Waals surface area contributed by atoms with E-state index < -0.39 is 33.7 Å². The zero-order valence-electron chi connectivity index (χ0n) is 18.2. The number of hydrogen-bond donors (Lipinski definition) is 0. The van der Waals surface area contributed by atoms with Crippen molar-refractivity contribution in [1.82, 2.24) is 4.31 Å². The molecule has 7 heteroatoms. The van der Waals surface area contributed by atoms with Crippen molar-refractivity contribution < 1.29 is 22.7 Å². The molecule has 1 heterocycles. The highest BCUT2D eigenvalue weighted by Gasteiger charge is 2.49. The highest BCUT2D eigenvalue weighted by Crippen LogP contribution is 2.41. The number of ether oxygens (including phenoxy) is 1. The molecule has 1 aliphatic rings. The number of sulfonamides is 1. The standard InChI is InChI=1S/C26H23NO5S/c1-18-13-15-21(16-14-18)33(30,31)27-23(26(29)32-2)17-22(19-9-5-3-6-10-19)24(27)25(28)20-11-7-4-8-12-20/h3-17,22,24H,1-2H3/t22-,24+/m0/s1. The van der Waals surface area contributed by atoms with Crippen LogP contribution in [0.15, 0.2) is 102 Å². The molecule has 0 saturated carbocycles. The Labute approximate surface area is 193 Å². The van der Waals surface area contributed by atoms with E-state index in [4.69, 9.17) is 4.74 Å². The van der Waals surface area contributed by atoms with Crippen LogP contribution in [0.2, 0.25) is 0 Å². The second-order valence-electron chi connectivity index (χ2n) is 7.77. The number of rotatable bonds is 6. The van der Waals surface area contributed by atoms with E-state index in [0.717, 1.165) is 15.4 Å². The van der Waals surface area contributed by atoms with Crippen LogP contribution in [0.1, 0.15) is 27.4 Å². The van der Waals surface area contributed by atoms with Crippen LogP contribution in [-0.2, 0) is 19.6 Å². The minimum absolute atomic E-state index is 0.0116. The molecule has 3 aromatic carbocycles. The first-order valence-electron chi connectivity index (χ1n) is 10.4. The van der Waals surface area contributed by atoms with E-state index in [-0.39, 0.29) is 10.6 Å². The summed E-state index contributed by atoms with van der Waals surface area (Å²) in [6, 6.07) is 22.7. The maximum atomic E-state index is 13.8. The van der Waals surface area contributed by atoms with Crippen molar-refractivity contribution in [3.05, 3.63) is 113 Å². The normalized spacial score (nSPS) is 18.0. The third-order valence-electron chi connectivity index (χ3n) is 5.65. The van der Waals surface area contributed by atoms with Crippen molar-refractivity contribution in [3.63, 3.8) is 0 Å². The monoisotopic (exact) mass is 461 g/mol. The van der Waals surface area contributed by atoms with E-state index in [9.17, 15) is 18.0 Å². The fraction of sp³-hybridized carbons (Fsp3) is 0.154. The first-order chi connectivity index (χ1) is 15.8. The molecule has 1 aliphatic heterocycles. The van der Waals surface area contributed by atoms with E-state index >= 15 is 0 Å². The summed E-state index contributed by atoms with van der Waals surface area (Å²) in [5.41, 5.74) is 1.78. The molecule has 0 saturated heterocycles. The SMILES string of the molecule is COC(=O)C1=C[C@@H](c2ccccc2)[C@H](C(=O)c2ccccc2)N1S(=O)(=O)c1ccc(C)cc1. The van der Waals surface area contributed by atoms with Gasteiger partial charge in [-0.05, 0) is 30.7 Å². The molecule has 0 radical (unpaired) electrons. The maximum absolute atomic E-state index is 13.8. The molecule has 6 nitrogen and oxygen atoms in total. The van der Waals surface area contributed by atoms with Crippen LogP contribution in [0, 0.1) is 6.92 Å². The summed E-state index contributed by atoms with van der Waals surface area (Å²) in [7, 11) is -3.08. The molecule has 0 bridgehead atoms. The number of aryl methyl sites for hydroxylation is 1. The van der Waals surface area contributed by atoms with Crippen LogP contribution in [-0.4, -0.2) is 37.6 Å². The van der Waals surface area contributed by atoms with Crippen molar-refractivity contribution in [2.45, 2.75) is 23.8 Å². The van der Waals surface area contributed by atoms with Crippen LogP contribution in [0.5, 0.6) is 0 Å². The van der Waals surface area contributed by atoms with Gasteiger partial charge >= 0.3 is 5.97 Å². The Bertz CT molecular complexity index is 1300. The van der Waals surface area contributed by atoms with Gasteiger partial charge in [-0.25, -0.2) is 17.5 Å². The molecule has 33 heavy (non-hydrogen) atoms. The van der Waals surface area contributed by atoms with Gasteiger partial charge in [0.1, 0.15) is 11.7 Å². The average Bonchev–Trinajstić information content (AvgIpc) is 3.26. The Kier molecular flexibility index (Phi) is 6.16. The van der Waals surface area contributed by atoms with Crippen LogP contribution in [0.4, 0.5) is 0 Å². The fourth-order valence-electron chi connectivity index (χ4n) is 3.99. The van der Waals surface area contributed by atoms with Crippen molar-refractivity contribution in [3.8, 4) is 0 Å². The summed E-state index contributed by atoms with van der Waals surface area (Å²) in [6.07, 6.45) is 1.51. The minimum Gasteiger partial charge on any atom is -0.464 e. The van der Waals surface area contributed by atoms with Gasteiger partial charge in [0.15, 0.2) is 5.78 Å². The number of hydrogen-bond acceptors (Lipinski definition) is 5. The molecule has 0 aromatic heterocycles. The number of carbonyl (C=O) groups is 2. The number of ketones is 1. The van der Waals surface area contributed by atoms with Crippen LogP contribution >= 0.6 is 0 Å². The van der Waals surface area contributed by atoms with E-state index in [1.165, 1.54) is 25.3 Å². The molecule has 0 N–H and O–H groups in total. The Morgan fingerprint density at radius 2 is 1.42 bits per heavy atom. The smallest absolute Gasteiger partial charge is 0.355 e. The van der Waals surface area contributed by atoms with Gasteiger partial charge in [0, 0.05) is 11.5 Å². The predicted molar refractivity (Wildman–Crippen MR) is 124 cm³/mol. The molecule has 2 atom stereocenters. The molecule has 4 rings (SSSR count). The van der Waals surface area contributed by atoms with Gasteiger partial charge < -0.3 is 4.74 Å². The Morgan fingerprint density at radius 3 is 2.00 bits per heavy atom. The van der Waals surface area contributed by atoms with Crippen molar-refractivity contribution in [1.29, 1.82) is 0 Å². The molecular formula is C26H23NO5S. The van der Waals surface area contributed by atoms with Gasteiger partial charge in [-0.15, -0.1) is 0 Å². The minimum atomic E-state index is -4.26. The summed E-state index contributed by atoms with van der Waals surface area (Å²) in [5, 5.41) is 0. The van der Waals surface area contributed by atoms with Crippen LogP contribution in [0.25, 0.3) is 0 Å². The largest absolute Gasteiger partial charge is 0.464 e. The second kappa shape index (κ2) is 9.03. The van der Waals surface area contributed by atoms with Crippen LogP contribution < -0.4 is 0 Å². The van der Waals surface area contributed by atoms with Gasteiger partial charge in [0.25, 0.3) is 10.0 Å². The summed E-state index contributed by atoms with van der Waals surface area (Å²) in [6.45, 7) is 1.85. The summed E-state index contributed by atoms with van der Waals surface area (Å²) >= 11 is 0. The van der Waals surface area contributed by atoms with Crippen LogP contribution in [0.3, 0.4) is 0 Å². The van der Waals surface area contributed by atoms with Gasteiger partial charge in [-0.2, -0.15) is 0 Å². The topological polar surface area (TPSA) is 80.8 Å². The lowest BCUT2D eigenvalue weighted by Gasteiger charge is -2.30. The summed E-state index contributed by atoms with van der Waals surface area (Å²) < 4.78 is 33.5.